The fraction of sp³-hybridized carbons (Fsp3) is 0.400. The van der Waals surface area contributed by atoms with Crippen LogP contribution in [-0.2, 0) is 17.1 Å². The van der Waals surface area contributed by atoms with Crippen LogP contribution in [0, 0.1) is 18.3 Å². The fourth-order valence-corrected chi connectivity index (χ4v) is 5.68. The quantitative estimate of drug-likeness (QED) is 0.519. The third kappa shape index (κ3) is 3.55. The largest absolute Gasteiger partial charge is 0.476 e. The molecule has 3 saturated carbocycles. The van der Waals surface area contributed by atoms with E-state index >= 15 is 0 Å². The minimum atomic E-state index is -4.11. The van der Waals surface area contributed by atoms with Gasteiger partial charge in [0, 0.05) is 24.7 Å². The Morgan fingerprint density at radius 3 is 2.66 bits per heavy atom. The Labute approximate surface area is 189 Å². The van der Waals surface area contributed by atoms with Gasteiger partial charge in [0.2, 0.25) is 5.88 Å². The van der Waals surface area contributed by atoms with Crippen molar-refractivity contribution in [2.24, 2.45) is 18.4 Å². The van der Waals surface area contributed by atoms with Crippen LogP contribution < -0.4 is 9.46 Å². The van der Waals surface area contributed by atoms with Gasteiger partial charge in [-0.25, -0.2) is 22.8 Å². The van der Waals surface area contributed by atoms with E-state index < -0.39 is 15.9 Å². The Morgan fingerprint density at radius 1 is 1.31 bits per heavy atom. The molecule has 1 amide bonds. The summed E-state index contributed by atoms with van der Waals surface area (Å²) in [7, 11) is -2.50. The van der Waals surface area contributed by atoms with E-state index in [2.05, 4.69) is 15.2 Å². The van der Waals surface area contributed by atoms with Crippen LogP contribution in [0.4, 0.5) is 0 Å². The third-order valence-corrected chi connectivity index (χ3v) is 8.00. The highest BCUT2D eigenvalue weighted by molar-refractivity contribution is 7.90. The number of aryl methyl sites for hydroxylation is 1. The van der Waals surface area contributed by atoms with Crippen molar-refractivity contribution in [3.05, 3.63) is 47.0 Å². The molecule has 6 rings (SSSR count). The summed E-state index contributed by atoms with van der Waals surface area (Å²) in [5.41, 5.74) is 0.670. The Balaban J connectivity index is 1.28. The second-order valence-electron chi connectivity index (χ2n) is 8.53. The van der Waals surface area contributed by atoms with Gasteiger partial charge in [0.15, 0.2) is 5.82 Å². The minimum absolute atomic E-state index is 0.0761. The zero-order valence-electron chi connectivity index (χ0n) is 17.4. The average molecular weight is 477 g/mol. The molecule has 2 bridgehead atoms. The smallest absolute Gasteiger partial charge is 0.268 e. The van der Waals surface area contributed by atoms with Crippen LogP contribution in [0.3, 0.4) is 0 Å². The second-order valence-corrected chi connectivity index (χ2v) is 10.5. The lowest BCUT2D eigenvalue weighted by molar-refractivity contribution is -0.132. The molecule has 0 aliphatic heterocycles. The van der Waals surface area contributed by atoms with Gasteiger partial charge in [0.25, 0.3) is 15.9 Å². The maximum Gasteiger partial charge on any atom is 0.268 e. The van der Waals surface area contributed by atoms with E-state index in [1.165, 1.54) is 47.0 Å². The molecule has 0 saturated heterocycles. The number of carbonyl (C=O) groups is 1. The first-order valence-electron chi connectivity index (χ1n) is 10.1. The van der Waals surface area contributed by atoms with Gasteiger partial charge in [-0.15, -0.1) is 5.10 Å². The molecule has 3 aromatic rings. The predicted molar refractivity (Wildman–Crippen MR) is 114 cm³/mol. The number of aromatic nitrogens is 5. The lowest BCUT2D eigenvalue weighted by Gasteiger charge is -2.61. The first kappa shape index (κ1) is 21.0. The van der Waals surface area contributed by atoms with E-state index in [1.54, 1.807) is 26.2 Å². The number of hydrogen-bond acceptors (Lipinski definition) is 7. The van der Waals surface area contributed by atoms with Gasteiger partial charge >= 0.3 is 0 Å². The number of nitrogens with zero attached hydrogens (tertiary/aromatic N) is 5. The molecule has 12 heteroatoms. The van der Waals surface area contributed by atoms with E-state index in [-0.39, 0.29) is 15.6 Å². The van der Waals surface area contributed by atoms with Gasteiger partial charge in [-0.3, -0.25) is 9.48 Å². The molecule has 3 aromatic heterocycles. The lowest BCUT2D eigenvalue weighted by Crippen LogP contribution is -2.55. The van der Waals surface area contributed by atoms with Crippen molar-refractivity contribution in [3.8, 4) is 11.7 Å². The number of pyridine rings is 1. The highest BCUT2D eigenvalue weighted by Gasteiger charge is 2.57. The van der Waals surface area contributed by atoms with Crippen LogP contribution in [0.15, 0.2) is 35.5 Å². The normalized spacial score (nSPS) is 21.5. The molecule has 10 nitrogen and oxygen atoms in total. The molecule has 1 N–H and O–H groups in total. The van der Waals surface area contributed by atoms with Crippen LogP contribution in [0.1, 0.15) is 35.3 Å². The molecule has 0 unspecified atom stereocenters. The maximum atomic E-state index is 12.6. The second kappa shape index (κ2) is 7.31. The summed E-state index contributed by atoms with van der Waals surface area (Å²) >= 11 is 6.19. The summed E-state index contributed by atoms with van der Waals surface area (Å²) in [6.07, 6.45) is 6.59. The van der Waals surface area contributed by atoms with Crippen molar-refractivity contribution in [2.45, 2.75) is 31.1 Å². The Hall–Kier alpha value is -2.92. The maximum absolute atomic E-state index is 12.6. The van der Waals surface area contributed by atoms with Crippen LogP contribution in [0.5, 0.6) is 5.88 Å². The topological polar surface area (TPSA) is 121 Å². The van der Waals surface area contributed by atoms with E-state index in [9.17, 15) is 13.2 Å². The Bertz CT molecular complexity index is 1310. The molecule has 3 aliphatic carbocycles. The van der Waals surface area contributed by atoms with Crippen molar-refractivity contribution in [3.63, 3.8) is 0 Å². The number of sulfonamides is 1. The first-order chi connectivity index (χ1) is 15.2. The average Bonchev–Trinajstić information content (AvgIpc) is 3.26. The highest BCUT2D eigenvalue weighted by atomic mass is 35.5. The van der Waals surface area contributed by atoms with Crippen molar-refractivity contribution >= 4 is 27.5 Å². The molecule has 3 aliphatic rings. The van der Waals surface area contributed by atoms with Crippen LogP contribution >= 0.6 is 11.6 Å². The Kier molecular flexibility index (Phi) is 4.79. The summed E-state index contributed by atoms with van der Waals surface area (Å²) in [6, 6.07) is 4.67. The number of ether oxygens (including phenoxy) is 1. The van der Waals surface area contributed by atoms with E-state index in [1.807, 2.05) is 4.72 Å². The van der Waals surface area contributed by atoms with Crippen molar-refractivity contribution < 1.29 is 17.9 Å². The van der Waals surface area contributed by atoms with Gasteiger partial charge in [-0.05, 0) is 44.2 Å². The zero-order chi connectivity index (χ0) is 22.7. The minimum Gasteiger partial charge on any atom is -0.476 e. The van der Waals surface area contributed by atoms with Crippen LogP contribution in [0.2, 0.25) is 5.15 Å². The number of amides is 1. The summed E-state index contributed by atoms with van der Waals surface area (Å²) in [6.45, 7) is 2.25. The molecule has 3 fully saturated rings. The number of halogens is 1. The summed E-state index contributed by atoms with van der Waals surface area (Å²) < 4.78 is 35.8. The molecule has 0 radical (unpaired) electrons. The number of rotatable bonds is 7. The van der Waals surface area contributed by atoms with Gasteiger partial charge in [-0.1, -0.05) is 11.6 Å². The number of carbonyl (C=O) groups excluding carboxylic acids is 1. The van der Waals surface area contributed by atoms with Gasteiger partial charge in [0.1, 0.15) is 10.0 Å². The van der Waals surface area contributed by atoms with E-state index in [0.717, 1.165) is 5.92 Å². The highest BCUT2D eigenvalue weighted by Crippen LogP contribution is 2.64. The van der Waals surface area contributed by atoms with E-state index in [0.29, 0.717) is 29.4 Å². The van der Waals surface area contributed by atoms with Crippen LogP contribution in [0.25, 0.3) is 5.82 Å². The molecule has 0 spiro atoms. The molecule has 168 valence electrons. The fourth-order valence-electron chi connectivity index (χ4n) is 4.27. The van der Waals surface area contributed by atoms with Crippen molar-refractivity contribution in [1.29, 1.82) is 0 Å². The van der Waals surface area contributed by atoms with E-state index in [4.69, 9.17) is 16.3 Å². The zero-order valence-corrected chi connectivity index (χ0v) is 19.0. The van der Waals surface area contributed by atoms with Crippen molar-refractivity contribution in [2.75, 3.05) is 6.61 Å². The molecule has 32 heavy (non-hydrogen) atoms. The van der Waals surface area contributed by atoms with Crippen LogP contribution in [-0.4, -0.2) is 45.5 Å². The molecule has 0 aromatic carbocycles. The number of hydrogen-bond donors (Lipinski definition) is 1. The molecule has 0 atom stereocenters. The summed E-state index contributed by atoms with van der Waals surface area (Å²) in [5, 5.41) is 8.10. The number of nitrogens with one attached hydrogen (secondary N) is 1. The summed E-state index contributed by atoms with van der Waals surface area (Å²) in [4.78, 5) is 16.7. The SMILES string of the molecule is Cc1c(S(=O)(=O)NC(=O)c2ccc(-n3ccc(OCC45CC(C4)C5)n3)nc2Cl)cnn1C. The van der Waals surface area contributed by atoms with Crippen molar-refractivity contribution in [1.82, 2.24) is 29.3 Å². The predicted octanol–water partition coefficient (Wildman–Crippen LogP) is 2.26. The monoisotopic (exact) mass is 476 g/mol. The third-order valence-electron chi connectivity index (χ3n) is 6.28. The Morgan fingerprint density at radius 2 is 2.06 bits per heavy atom. The van der Waals surface area contributed by atoms with Gasteiger partial charge in [0.05, 0.1) is 24.1 Å². The van der Waals surface area contributed by atoms with Gasteiger partial charge in [-0.2, -0.15) is 5.10 Å². The lowest BCUT2D eigenvalue weighted by atomic mass is 9.45. The van der Waals surface area contributed by atoms with Gasteiger partial charge < -0.3 is 4.74 Å². The standard InChI is InChI=1S/C20H21ClN6O4S/c1-12-15(10-22-26(12)2)32(29,30)25-19(28)14-3-4-16(23-18(14)21)27-6-5-17(24-27)31-11-20-7-13(8-20)9-20/h3-6,10,13H,7-9,11H2,1-2H3,(H,25,28). The summed E-state index contributed by atoms with van der Waals surface area (Å²) in [5.74, 6) is 0.868. The molecular formula is C20H21ClN6O4S. The first-order valence-corrected chi connectivity index (χ1v) is 11.9. The molecule has 3 heterocycles. The molecular weight excluding hydrogens is 456 g/mol.